The summed E-state index contributed by atoms with van der Waals surface area (Å²) in [5.41, 5.74) is 9.95. The standard InChI is InChI=1S/C21H19FN4O/c22-20-9-6-16(12-25-20)14-4-7-17(23)19(10-14)26-21(27)18-8-5-15(11-24-18)13-2-1-3-13/h4-13H,1-3,23H2,(H,26,27). The first-order valence-electron chi connectivity index (χ1n) is 8.89. The first kappa shape index (κ1) is 17.1. The number of nitrogen functional groups attached to an aromatic ring is 1. The van der Waals surface area contributed by atoms with Crippen LogP contribution in [-0.2, 0) is 0 Å². The molecule has 0 radical (unpaired) electrons. The van der Waals surface area contributed by atoms with Crippen LogP contribution in [0, 0.1) is 5.95 Å². The highest BCUT2D eigenvalue weighted by molar-refractivity contribution is 6.04. The van der Waals surface area contributed by atoms with Gasteiger partial charge in [-0.2, -0.15) is 4.39 Å². The molecular weight excluding hydrogens is 343 g/mol. The highest BCUT2D eigenvalue weighted by atomic mass is 19.1. The molecule has 0 spiro atoms. The van der Waals surface area contributed by atoms with Gasteiger partial charge in [0.2, 0.25) is 5.95 Å². The van der Waals surface area contributed by atoms with E-state index < -0.39 is 5.95 Å². The molecule has 3 aromatic rings. The van der Waals surface area contributed by atoms with Crippen LogP contribution in [-0.4, -0.2) is 15.9 Å². The first-order chi connectivity index (χ1) is 13.1. The number of halogens is 1. The number of pyridine rings is 2. The molecule has 0 atom stereocenters. The van der Waals surface area contributed by atoms with Crippen LogP contribution in [0.5, 0.6) is 0 Å². The fourth-order valence-corrected chi connectivity index (χ4v) is 3.10. The predicted octanol–water partition coefficient (Wildman–Crippen LogP) is 4.38. The average Bonchev–Trinajstić information content (AvgIpc) is 2.63. The van der Waals surface area contributed by atoms with Gasteiger partial charge in [-0.3, -0.25) is 9.78 Å². The number of benzene rings is 1. The van der Waals surface area contributed by atoms with E-state index in [1.165, 1.54) is 37.1 Å². The van der Waals surface area contributed by atoms with Gasteiger partial charge in [0, 0.05) is 18.0 Å². The van der Waals surface area contributed by atoms with Gasteiger partial charge in [-0.25, -0.2) is 4.98 Å². The van der Waals surface area contributed by atoms with Crippen molar-refractivity contribution in [1.82, 2.24) is 9.97 Å². The van der Waals surface area contributed by atoms with Crippen LogP contribution >= 0.6 is 0 Å². The molecule has 2 heterocycles. The third-order valence-corrected chi connectivity index (χ3v) is 4.96. The largest absolute Gasteiger partial charge is 0.397 e. The molecule has 0 aliphatic heterocycles. The SMILES string of the molecule is Nc1ccc(-c2ccc(F)nc2)cc1NC(=O)c1ccc(C2CCC2)cn1. The maximum atomic E-state index is 13.0. The van der Waals surface area contributed by atoms with Gasteiger partial charge >= 0.3 is 0 Å². The summed E-state index contributed by atoms with van der Waals surface area (Å²) in [6.45, 7) is 0. The van der Waals surface area contributed by atoms with E-state index in [2.05, 4.69) is 15.3 Å². The number of amides is 1. The molecule has 5 nitrogen and oxygen atoms in total. The van der Waals surface area contributed by atoms with Gasteiger partial charge in [0.1, 0.15) is 5.69 Å². The number of nitrogens with zero attached hydrogens (tertiary/aromatic N) is 2. The summed E-state index contributed by atoms with van der Waals surface area (Å²) < 4.78 is 13.0. The van der Waals surface area contributed by atoms with Crippen LogP contribution in [0.1, 0.15) is 41.2 Å². The quantitative estimate of drug-likeness (QED) is 0.533. The molecule has 136 valence electrons. The Bertz CT molecular complexity index is 966. The molecule has 6 heteroatoms. The van der Waals surface area contributed by atoms with Crippen molar-refractivity contribution >= 4 is 17.3 Å². The lowest BCUT2D eigenvalue weighted by atomic mass is 9.81. The Kier molecular flexibility index (Phi) is 4.54. The molecule has 1 aliphatic carbocycles. The minimum atomic E-state index is -0.542. The lowest BCUT2D eigenvalue weighted by Gasteiger charge is -2.25. The second-order valence-corrected chi connectivity index (χ2v) is 6.73. The second-order valence-electron chi connectivity index (χ2n) is 6.73. The Morgan fingerprint density at radius 1 is 1.04 bits per heavy atom. The highest BCUT2D eigenvalue weighted by Gasteiger charge is 2.20. The van der Waals surface area contributed by atoms with E-state index in [0.717, 1.165) is 11.1 Å². The van der Waals surface area contributed by atoms with Crippen LogP contribution in [0.3, 0.4) is 0 Å². The van der Waals surface area contributed by atoms with E-state index >= 15 is 0 Å². The molecule has 1 saturated carbocycles. The number of aromatic nitrogens is 2. The summed E-state index contributed by atoms with van der Waals surface area (Å²) in [6.07, 6.45) is 6.85. The molecule has 1 aromatic carbocycles. The van der Waals surface area contributed by atoms with Gasteiger partial charge in [-0.1, -0.05) is 18.6 Å². The molecule has 0 saturated heterocycles. The molecule has 27 heavy (non-hydrogen) atoms. The third kappa shape index (κ3) is 3.65. The summed E-state index contributed by atoms with van der Waals surface area (Å²) >= 11 is 0. The van der Waals surface area contributed by atoms with E-state index in [4.69, 9.17) is 5.73 Å². The van der Waals surface area contributed by atoms with Crippen molar-refractivity contribution < 1.29 is 9.18 Å². The Morgan fingerprint density at radius 2 is 1.85 bits per heavy atom. The van der Waals surface area contributed by atoms with E-state index in [-0.39, 0.29) is 5.91 Å². The lowest BCUT2D eigenvalue weighted by molar-refractivity contribution is 0.102. The number of nitrogens with two attached hydrogens (primary N) is 1. The van der Waals surface area contributed by atoms with E-state index in [0.29, 0.717) is 23.0 Å². The van der Waals surface area contributed by atoms with Gasteiger partial charge < -0.3 is 11.1 Å². The van der Waals surface area contributed by atoms with Crippen LogP contribution in [0.25, 0.3) is 11.1 Å². The minimum Gasteiger partial charge on any atom is -0.397 e. The summed E-state index contributed by atoms with van der Waals surface area (Å²) in [6, 6.07) is 11.9. The third-order valence-electron chi connectivity index (χ3n) is 4.96. The molecular formula is C21H19FN4O. The summed E-state index contributed by atoms with van der Waals surface area (Å²) in [5.74, 6) is -0.290. The normalized spacial score (nSPS) is 13.8. The van der Waals surface area contributed by atoms with Gasteiger partial charge in [0.25, 0.3) is 5.91 Å². The summed E-state index contributed by atoms with van der Waals surface area (Å²) in [7, 11) is 0. The van der Waals surface area contributed by atoms with Gasteiger partial charge in [0.15, 0.2) is 0 Å². The zero-order chi connectivity index (χ0) is 18.8. The fraction of sp³-hybridized carbons (Fsp3) is 0.190. The number of carbonyl (C=O) groups is 1. The zero-order valence-corrected chi connectivity index (χ0v) is 14.7. The Balaban J connectivity index is 1.53. The highest BCUT2D eigenvalue weighted by Crippen LogP contribution is 2.35. The Labute approximate surface area is 156 Å². The number of rotatable bonds is 4. The Hall–Kier alpha value is -3.28. The van der Waals surface area contributed by atoms with Crippen LogP contribution < -0.4 is 11.1 Å². The molecule has 3 N–H and O–H groups in total. The van der Waals surface area contributed by atoms with E-state index in [1.807, 2.05) is 6.07 Å². The number of hydrogen-bond donors (Lipinski definition) is 2. The average molecular weight is 362 g/mol. The van der Waals surface area contributed by atoms with Gasteiger partial charge in [0.05, 0.1) is 11.4 Å². The number of hydrogen-bond acceptors (Lipinski definition) is 4. The number of carbonyl (C=O) groups excluding carboxylic acids is 1. The number of nitrogens with one attached hydrogen (secondary N) is 1. The van der Waals surface area contributed by atoms with Crippen LogP contribution in [0.4, 0.5) is 15.8 Å². The number of anilines is 2. The van der Waals surface area contributed by atoms with Crippen molar-refractivity contribution in [2.75, 3.05) is 11.1 Å². The van der Waals surface area contributed by atoms with Crippen molar-refractivity contribution in [3.63, 3.8) is 0 Å². The molecule has 4 rings (SSSR count). The van der Waals surface area contributed by atoms with Gasteiger partial charge in [-0.15, -0.1) is 0 Å². The summed E-state index contributed by atoms with van der Waals surface area (Å²) in [4.78, 5) is 20.5. The van der Waals surface area contributed by atoms with Crippen LogP contribution in [0.2, 0.25) is 0 Å². The monoisotopic (exact) mass is 362 g/mol. The van der Waals surface area contributed by atoms with Crippen molar-refractivity contribution in [2.45, 2.75) is 25.2 Å². The van der Waals surface area contributed by atoms with E-state index in [9.17, 15) is 9.18 Å². The zero-order valence-electron chi connectivity index (χ0n) is 14.7. The first-order valence-corrected chi connectivity index (χ1v) is 8.89. The predicted molar refractivity (Wildman–Crippen MR) is 103 cm³/mol. The maximum absolute atomic E-state index is 13.0. The topological polar surface area (TPSA) is 80.9 Å². The molecule has 0 bridgehead atoms. The van der Waals surface area contributed by atoms with Gasteiger partial charge in [-0.05, 0) is 60.2 Å². The van der Waals surface area contributed by atoms with Crippen molar-refractivity contribution in [2.24, 2.45) is 0 Å². The van der Waals surface area contributed by atoms with Crippen molar-refractivity contribution in [3.05, 3.63) is 72.1 Å². The minimum absolute atomic E-state index is 0.323. The van der Waals surface area contributed by atoms with Crippen molar-refractivity contribution in [3.8, 4) is 11.1 Å². The molecule has 1 amide bonds. The summed E-state index contributed by atoms with van der Waals surface area (Å²) in [5, 5.41) is 2.80. The smallest absolute Gasteiger partial charge is 0.274 e. The molecule has 0 unspecified atom stereocenters. The van der Waals surface area contributed by atoms with E-state index in [1.54, 1.807) is 36.5 Å². The molecule has 1 fully saturated rings. The lowest BCUT2D eigenvalue weighted by Crippen LogP contribution is -2.16. The van der Waals surface area contributed by atoms with Crippen molar-refractivity contribution in [1.29, 1.82) is 0 Å². The van der Waals surface area contributed by atoms with Crippen LogP contribution in [0.15, 0.2) is 54.9 Å². The maximum Gasteiger partial charge on any atom is 0.274 e. The molecule has 1 aliphatic rings. The Morgan fingerprint density at radius 3 is 2.48 bits per heavy atom. The fourth-order valence-electron chi connectivity index (χ4n) is 3.10. The molecule has 2 aromatic heterocycles. The second kappa shape index (κ2) is 7.15.